The summed E-state index contributed by atoms with van der Waals surface area (Å²) in [6, 6.07) is 6.64. The molecular formula is C12H14N4O2S2. The molecule has 1 aliphatic heterocycles. The molecule has 0 spiro atoms. The number of rotatable bonds is 3. The van der Waals surface area contributed by atoms with E-state index in [4.69, 9.17) is 0 Å². The second-order valence-corrected chi connectivity index (χ2v) is 6.99. The lowest BCUT2D eigenvalue weighted by atomic mass is 10.2. The molecule has 20 heavy (non-hydrogen) atoms. The van der Waals surface area contributed by atoms with Crippen molar-refractivity contribution in [2.45, 2.75) is 22.9 Å². The highest BCUT2D eigenvalue weighted by Crippen LogP contribution is 2.23. The third-order valence-corrected chi connectivity index (χ3v) is 5.42. The van der Waals surface area contributed by atoms with Crippen LogP contribution in [0.1, 0.15) is 12.8 Å². The van der Waals surface area contributed by atoms with Crippen LogP contribution in [0.2, 0.25) is 0 Å². The molecule has 0 atom stereocenters. The molecule has 3 rings (SSSR count). The molecule has 1 fully saturated rings. The molecule has 1 N–H and O–H groups in total. The van der Waals surface area contributed by atoms with Gasteiger partial charge in [0.15, 0.2) is 11.0 Å². The fourth-order valence-corrected chi connectivity index (χ4v) is 3.91. The van der Waals surface area contributed by atoms with E-state index >= 15 is 0 Å². The number of benzene rings is 1. The third kappa shape index (κ3) is 2.46. The van der Waals surface area contributed by atoms with Gasteiger partial charge in [0.25, 0.3) is 0 Å². The number of nitrogens with zero attached hydrogens (tertiary/aromatic N) is 3. The lowest BCUT2D eigenvalue weighted by Gasteiger charge is -2.15. The Labute approximate surface area is 122 Å². The van der Waals surface area contributed by atoms with Gasteiger partial charge in [-0.1, -0.05) is 0 Å². The number of nitrogens with one attached hydrogen (secondary N) is 1. The number of H-pyrrole nitrogens is 1. The van der Waals surface area contributed by atoms with Gasteiger partial charge in [-0.2, -0.15) is 4.31 Å². The van der Waals surface area contributed by atoms with E-state index < -0.39 is 10.0 Å². The maximum atomic E-state index is 12.4. The first-order chi connectivity index (χ1) is 9.57. The van der Waals surface area contributed by atoms with E-state index in [1.165, 1.54) is 4.31 Å². The summed E-state index contributed by atoms with van der Waals surface area (Å²) >= 11 is 4.05. The first-order valence-electron chi connectivity index (χ1n) is 6.29. The molecule has 6 nitrogen and oxygen atoms in total. The van der Waals surface area contributed by atoms with Crippen molar-refractivity contribution >= 4 is 22.7 Å². The quantitative estimate of drug-likeness (QED) is 0.843. The molecule has 0 bridgehead atoms. The van der Waals surface area contributed by atoms with Gasteiger partial charge in [-0.05, 0) is 37.1 Å². The van der Waals surface area contributed by atoms with Gasteiger partial charge < -0.3 is 4.98 Å². The normalized spacial score (nSPS) is 16.6. The predicted molar refractivity (Wildman–Crippen MR) is 77.1 cm³/mol. The van der Waals surface area contributed by atoms with Gasteiger partial charge in [0.2, 0.25) is 10.0 Å². The maximum Gasteiger partial charge on any atom is 0.243 e. The Kier molecular flexibility index (Phi) is 3.53. The monoisotopic (exact) mass is 310 g/mol. The fraction of sp³-hybridized carbons (Fsp3) is 0.333. The van der Waals surface area contributed by atoms with Crippen LogP contribution in [0.3, 0.4) is 0 Å². The Balaban J connectivity index is 1.89. The van der Waals surface area contributed by atoms with E-state index in [1.54, 1.807) is 24.3 Å². The number of thiol groups is 1. The van der Waals surface area contributed by atoms with Gasteiger partial charge in [-0.3, -0.25) is 0 Å². The SMILES string of the molecule is O=S(=O)(c1ccc(-c2nnc(S)[nH]2)cc1)N1CCCC1. The van der Waals surface area contributed by atoms with Crippen molar-refractivity contribution in [3.8, 4) is 11.4 Å². The maximum absolute atomic E-state index is 12.4. The Hall–Kier alpha value is -1.38. The zero-order chi connectivity index (χ0) is 14.2. The van der Waals surface area contributed by atoms with Gasteiger partial charge in [0.05, 0.1) is 4.90 Å². The van der Waals surface area contributed by atoms with E-state index in [0.29, 0.717) is 29.0 Å². The van der Waals surface area contributed by atoms with Crippen LogP contribution in [0.4, 0.5) is 0 Å². The van der Waals surface area contributed by atoms with Crippen molar-refractivity contribution in [3.63, 3.8) is 0 Å². The summed E-state index contributed by atoms with van der Waals surface area (Å²) < 4.78 is 26.3. The number of aromatic amines is 1. The van der Waals surface area contributed by atoms with Crippen LogP contribution in [0, 0.1) is 0 Å². The minimum Gasteiger partial charge on any atom is -0.316 e. The third-order valence-electron chi connectivity index (χ3n) is 3.31. The molecule has 2 heterocycles. The standard InChI is InChI=1S/C12H14N4O2S2/c17-20(18,16-7-1-2-8-16)10-5-3-9(4-6-10)11-13-12(19)15-14-11/h3-6H,1-2,7-8H2,(H2,13,14,15,19). The molecule has 1 aromatic carbocycles. The molecule has 1 saturated heterocycles. The average molecular weight is 310 g/mol. The summed E-state index contributed by atoms with van der Waals surface area (Å²) in [7, 11) is -3.36. The van der Waals surface area contributed by atoms with Crippen LogP contribution < -0.4 is 0 Å². The molecule has 106 valence electrons. The van der Waals surface area contributed by atoms with Gasteiger partial charge >= 0.3 is 0 Å². The first-order valence-corrected chi connectivity index (χ1v) is 8.18. The number of sulfonamides is 1. The van der Waals surface area contributed by atoms with Crippen molar-refractivity contribution in [3.05, 3.63) is 24.3 Å². The van der Waals surface area contributed by atoms with Gasteiger partial charge in [-0.25, -0.2) is 8.42 Å². The van der Waals surface area contributed by atoms with Crippen LogP contribution in [0.5, 0.6) is 0 Å². The van der Waals surface area contributed by atoms with Crippen LogP contribution in [0.15, 0.2) is 34.3 Å². The lowest BCUT2D eigenvalue weighted by molar-refractivity contribution is 0.477. The second-order valence-electron chi connectivity index (χ2n) is 4.63. The number of hydrogen-bond acceptors (Lipinski definition) is 5. The molecule has 2 aromatic rings. The lowest BCUT2D eigenvalue weighted by Crippen LogP contribution is -2.27. The molecule has 0 radical (unpaired) electrons. The molecule has 0 saturated carbocycles. The topological polar surface area (TPSA) is 79.0 Å². The molecule has 0 unspecified atom stereocenters. The molecule has 0 amide bonds. The highest BCUT2D eigenvalue weighted by atomic mass is 32.2. The molecule has 8 heteroatoms. The van der Waals surface area contributed by atoms with Crippen molar-refractivity contribution < 1.29 is 8.42 Å². The highest BCUT2D eigenvalue weighted by molar-refractivity contribution is 7.89. The van der Waals surface area contributed by atoms with Crippen molar-refractivity contribution in [1.82, 2.24) is 19.5 Å². The van der Waals surface area contributed by atoms with Gasteiger partial charge in [-0.15, -0.1) is 22.8 Å². The van der Waals surface area contributed by atoms with Crippen LogP contribution >= 0.6 is 12.6 Å². The van der Waals surface area contributed by atoms with E-state index in [9.17, 15) is 8.42 Å². The molecule has 1 aromatic heterocycles. The number of hydrogen-bond donors (Lipinski definition) is 2. The molecule has 0 aliphatic carbocycles. The summed E-state index contributed by atoms with van der Waals surface area (Å²) in [5.41, 5.74) is 0.776. The summed E-state index contributed by atoms with van der Waals surface area (Å²) in [6.07, 6.45) is 1.86. The van der Waals surface area contributed by atoms with E-state index in [-0.39, 0.29) is 0 Å². The smallest absolute Gasteiger partial charge is 0.243 e. The Morgan fingerprint density at radius 3 is 2.30 bits per heavy atom. The van der Waals surface area contributed by atoms with Crippen LogP contribution in [-0.2, 0) is 10.0 Å². The van der Waals surface area contributed by atoms with E-state index in [1.807, 2.05) is 0 Å². The summed E-state index contributed by atoms with van der Waals surface area (Å²) in [4.78, 5) is 3.20. The Bertz CT molecular complexity index is 703. The predicted octanol–water partition coefficient (Wildman–Crippen LogP) is 1.54. The summed E-state index contributed by atoms with van der Waals surface area (Å²) in [5, 5.41) is 8.10. The second kappa shape index (κ2) is 5.19. The first kappa shape index (κ1) is 13.6. The Morgan fingerprint density at radius 2 is 1.75 bits per heavy atom. The van der Waals surface area contributed by atoms with Crippen LogP contribution in [0.25, 0.3) is 11.4 Å². The fourth-order valence-electron chi connectivity index (χ4n) is 2.25. The summed E-state index contributed by atoms with van der Waals surface area (Å²) in [5.74, 6) is 0.570. The highest BCUT2D eigenvalue weighted by Gasteiger charge is 2.26. The minimum absolute atomic E-state index is 0.314. The van der Waals surface area contributed by atoms with Crippen molar-refractivity contribution in [2.24, 2.45) is 0 Å². The van der Waals surface area contributed by atoms with E-state index in [2.05, 4.69) is 27.8 Å². The zero-order valence-corrected chi connectivity index (χ0v) is 12.4. The van der Waals surface area contributed by atoms with E-state index in [0.717, 1.165) is 18.4 Å². The van der Waals surface area contributed by atoms with Gasteiger partial charge in [0, 0.05) is 18.7 Å². The van der Waals surface area contributed by atoms with Crippen molar-refractivity contribution in [1.29, 1.82) is 0 Å². The average Bonchev–Trinajstić information content (AvgIpc) is 3.10. The number of aromatic nitrogens is 3. The largest absolute Gasteiger partial charge is 0.316 e. The summed E-state index contributed by atoms with van der Waals surface area (Å²) in [6.45, 7) is 1.21. The van der Waals surface area contributed by atoms with Gasteiger partial charge in [0.1, 0.15) is 0 Å². The molecule has 1 aliphatic rings. The Morgan fingerprint density at radius 1 is 1.10 bits per heavy atom. The van der Waals surface area contributed by atoms with Crippen molar-refractivity contribution in [2.75, 3.05) is 13.1 Å². The zero-order valence-electron chi connectivity index (χ0n) is 10.7. The minimum atomic E-state index is -3.36. The van der Waals surface area contributed by atoms with Crippen LogP contribution in [-0.4, -0.2) is 41.0 Å². The molecular weight excluding hydrogens is 296 g/mol.